The van der Waals surface area contributed by atoms with Crippen LogP contribution in [-0.4, -0.2) is 28.7 Å². The number of anilines is 1. The normalized spacial score (nSPS) is 16.9. The molecule has 1 aliphatic heterocycles. The smallest absolute Gasteiger partial charge is 0.224 e. The van der Waals surface area contributed by atoms with Crippen molar-refractivity contribution in [3.05, 3.63) is 53.4 Å². The minimum Gasteiger partial charge on any atom is -0.399 e. The van der Waals surface area contributed by atoms with Crippen LogP contribution in [0.15, 0.2) is 41.6 Å². The summed E-state index contributed by atoms with van der Waals surface area (Å²) in [4.78, 5) is 25.5. The minimum absolute atomic E-state index is 0.0712. The van der Waals surface area contributed by atoms with Crippen LogP contribution in [0.25, 0.3) is 27.7 Å². The molecule has 3 aromatic rings. The molecule has 2 aromatic carbocycles. The molecule has 0 unspecified atom stereocenters. The molecule has 2 heterocycles. The molecule has 0 saturated heterocycles. The molecule has 1 saturated carbocycles. The summed E-state index contributed by atoms with van der Waals surface area (Å²) in [5.74, 6) is 1.67. The van der Waals surface area contributed by atoms with Crippen molar-refractivity contribution < 1.29 is 9.63 Å². The number of fused-ring (bicyclic) bond motifs is 2. The first kappa shape index (κ1) is 19.5. The quantitative estimate of drug-likeness (QED) is 0.432. The zero-order valence-electron chi connectivity index (χ0n) is 18.1. The van der Waals surface area contributed by atoms with Crippen molar-refractivity contribution in [3.63, 3.8) is 0 Å². The maximum atomic E-state index is 11.9. The molecule has 2 aliphatic rings. The standard InChI is InChI=1S/C25H26N4O2/c1-4-17(14(2)29-31-3)16-12-20(24-22(13-16)27-25(28-24)15-8-9-15)18-6-5-7-21-19(18)10-11-23(30)26-21/h4-7,12-13,15H,8-11H2,1-3H3,(H,26,30)(H,27,28)/b17-4-,29-14-. The molecule has 0 spiro atoms. The van der Waals surface area contributed by atoms with Gasteiger partial charge in [0.1, 0.15) is 12.9 Å². The largest absolute Gasteiger partial charge is 0.399 e. The van der Waals surface area contributed by atoms with Crippen LogP contribution in [0.1, 0.15) is 56.0 Å². The molecule has 0 atom stereocenters. The highest BCUT2D eigenvalue weighted by atomic mass is 16.6. The number of benzene rings is 2. The van der Waals surface area contributed by atoms with Gasteiger partial charge in [0.25, 0.3) is 0 Å². The summed E-state index contributed by atoms with van der Waals surface area (Å²) in [6.07, 6.45) is 5.66. The summed E-state index contributed by atoms with van der Waals surface area (Å²) < 4.78 is 0. The Morgan fingerprint density at radius 1 is 1.23 bits per heavy atom. The number of carbonyl (C=O) groups excluding carboxylic acids is 1. The fourth-order valence-electron chi connectivity index (χ4n) is 4.49. The summed E-state index contributed by atoms with van der Waals surface area (Å²) >= 11 is 0. The number of nitrogens with zero attached hydrogens (tertiary/aromatic N) is 2. The van der Waals surface area contributed by atoms with Crippen LogP contribution in [-0.2, 0) is 16.1 Å². The number of hydrogen-bond donors (Lipinski definition) is 2. The lowest BCUT2D eigenvalue weighted by atomic mass is 9.90. The highest BCUT2D eigenvalue weighted by molar-refractivity contribution is 6.23. The van der Waals surface area contributed by atoms with Gasteiger partial charge in [-0.15, -0.1) is 0 Å². The van der Waals surface area contributed by atoms with E-state index in [-0.39, 0.29) is 5.91 Å². The van der Waals surface area contributed by atoms with Gasteiger partial charge in [0.15, 0.2) is 0 Å². The van der Waals surface area contributed by atoms with Crippen LogP contribution in [0.4, 0.5) is 5.69 Å². The number of allylic oxidation sites excluding steroid dienone is 2. The van der Waals surface area contributed by atoms with E-state index in [0.29, 0.717) is 12.3 Å². The lowest BCUT2D eigenvalue weighted by Crippen LogP contribution is -2.19. The fraction of sp³-hybridized carbons (Fsp3) is 0.320. The maximum absolute atomic E-state index is 11.9. The van der Waals surface area contributed by atoms with E-state index in [0.717, 1.165) is 56.9 Å². The number of aromatic nitrogens is 2. The zero-order chi connectivity index (χ0) is 21.5. The van der Waals surface area contributed by atoms with Crippen molar-refractivity contribution in [1.29, 1.82) is 0 Å². The van der Waals surface area contributed by atoms with Crippen molar-refractivity contribution in [1.82, 2.24) is 9.97 Å². The maximum Gasteiger partial charge on any atom is 0.224 e. The SMILES string of the molecule is C/C=C(/C(C)=N\OC)c1cc(-c2cccc3c2CCC(=O)N3)c2nc(C3CC3)[nH]c2c1. The second-order valence-corrected chi connectivity index (χ2v) is 8.26. The van der Waals surface area contributed by atoms with E-state index in [4.69, 9.17) is 9.82 Å². The van der Waals surface area contributed by atoms with E-state index in [9.17, 15) is 4.79 Å². The lowest BCUT2D eigenvalue weighted by Gasteiger charge is -2.21. The predicted molar refractivity (Wildman–Crippen MR) is 124 cm³/mol. The van der Waals surface area contributed by atoms with Crippen LogP contribution in [0.5, 0.6) is 0 Å². The van der Waals surface area contributed by atoms with Gasteiger partial charge in [-0.3, -0.25) is 4.79 Å². The van der Waals surface area contributed by atoms with Crippen molar-refractivity contribution in [2.24, 2.45) is 5.16 Å². The number of amides is 1. The third kappa shape index (κ3) is 3.52. The molecule has 1 aliphatic carbocycles. The molecule has 5 rings (SSSR count). The van der Waals surface area contributed by atoms with E-state index in [2.05, 4.69) is 39.7 Å². The average molecular weight is 415 g/mol. The van der Waals surface area contributed by atoms with Crippen molar-refractivity contribution in [3.8, 4) is 11.1 Å². The summed E-state index contributed by atoms with van der Waals surface area (Å²) in [7, 11) is 1.56. The van der Waals surface area contributed by atoms with Crippen LogP contribution < -0.4 is 5.32 Å². The van der Waals surface area contributed by atoms with E-state index < -0.39 is 0 Å². The molecule has 6 heteroatoms. The molecule has 1 fully saturated rings. The van der Waals surface area contributed by atoms with Gasteiger partial charge in [-0.25, -0.2) is 4.98 Å². The van der Waals surface area contributed by atoms with E-state index in [1.165, 1.54) is 18.4 Å². The molecule has 2 N–H and O–H groups in total. The molecule has 1 aromatic heterocycles. The number of H-pyrrole nitrogens is 1. The molecule has 31 heavy (non-hydrogen) atoms. The highest BCUT2D eigenvalue weighted by Crippen LogP contribution is 2.42. The molecular weight excluding hydrogens is 388 g/mol. The zero-order valence-corrected chi connectivity index (χ0v) is 18.1. The van der Waals surface area contributed by atoms with Gasteiger partial charge in [-0.05, 0) is 68.0 Å². The molecule has 158 valence electrons. The van der Waals surface area contributed by atoms with E-state index >= 15 is 0 Å². The summed E-state index contributed by atoms with van der Waals surface area (Å²) in [5.41, 5.74) is 9.17. The summed E-state index contributed by atoms with van der Waals surface area (Å²) in [6, 6.07) is 10.4. The lowest BCUT2D eigenvalue weighted by molar-refractivity contribution is -0.116. The average Bonchev–Trinajstić information content (AvgIpc) is 3.52. The topological polar surface area (TPSA) is 79.4 Å². The van der Waals surface area contributed by atoms with Crippen LogP contribution in [0, 0.1) is 0 Å². The van der Waals surface area contributed by atoms with Crippen LogP contribution >= 0.6 is 0 Å². The van der Waals surface area contributed by atoms with Gasteiger partial charge in [-0.2, -0.15) is 0 Å². The molecule has 0 bridgehead atoms. The Hall–Kier alpha value is -3.41. The fourth-order valence-corrected chi connectivity index (χ4v) is 4.49. The number of imidazole rings is 1. The first-order valence-corrected chi connectivity index (χ1v) is 10.8. The Morgan fingerprint density at radius 2 is 2.06 bits per heavy atom. The third-order valence-corrected chi connectivity index (χ3v) is 6.13. The molecule has 1 amide bonds. The summed E-state index contributed by atoms with van der Waals surface area (Å²) in [6.45, 7) is 3.96. The number of nitrogens with one attached hydrogen (secondary N) is 2. The first-order valence-electron chi connectivity index (χ1n) is 10.8. The Balaban J connectivity index is 1.75. The van der Waals surface area contributed by atoms with Crippen molar-refractivity contribution in [2.45, 2.75) is 45.4 Å². The predicted octanol–water partition coefficient (Wildman–Crippen LogP) is 5.42. The molecule has 0 radical (unpaired) electrons. The van der Waals surface area contributed by atoms with E-state index in [1.807, 2.05) is 26.0 Å². The Bertz CT molecular complexity index is 1250. The molecular formula is C25H26N4O2. The van der Waals surface area contributed by atoms with Crippen molar-refractivity contribution >= 4 is 33.9 Å². The second-order valence-electron chi connectivity index (χ2n) is 8.26. The van der Waals surface area contributed by atoms with Gasteiger partial charge in [0, 0.05) is 29.2 Å². The van der Waals surface area contributed by atoms with Gasteiger partial charge in [0.2, 0.25) is 5.91 Å². The third-order valence-electron chi connectivity index (χ3n) is 6.13. The van der Waals surface area contributed by atoms with Crippen molar-refractivity contribution in [2.75, 3.05) is 12.4 Å². The first-order chi connectivity index (χ1) is 15.1. The number of rotatable bonds is 5. The Labute approximate surface area is 181 Å². The monoisotopic (exact) mass is 414 g/mol. The van der Waals surface area contributed by atoms with Crippen LogP contribution in [0.3, 0.4) is 0 Å². The number of hydrogen-bond acceptors (Lipinski definition) is 4. The van der Waals surface area contributed by atoms with Gasteiger partial charge in [-0.1, -0.05) is 23.4 Å². The molecule has 6 nitrogen and oxygen atoms in total. The van der Waals surface area contributed by atoms with Gasteiger partial charge in [0.05, 0.1) is 16.7 Å². The Morgan fingerprint density at radius 3 is 2.81 bits per heavy atom. The van der Waals surface area contributed by atoms with E-state index in [1.54, 1.807) is 7.11 Å². The van der Waals surface area contributed by atoms with Gasteiger partial charge >= 0.3 is 0 Å². The minimum atomic E-state index is 0.0712. The Kier molecular flexibility index (Phi) is 4.85. The number of oxime groups is 1. The second kappa shape index (κ2) is 7.69. The number of aromatic amines is 1. The number of carbonyl (C=O) groups is 1. The van der Waals surface area contributed by atoms with Gasteiger partial charge < -0.3 is 15.1 Å². The van der Waals surface area contributed by atoms with Crippen LogP contribution in [0.2, 0.25) is 0 Å². The summed E-state index contributed by atoms with van der Waals surface area (Å²) in [5, 5.41) is 7.17. The highest BCUT2D eigenvalue weighted by Gasteiger charge is 2.28.